The van der Waals surface area contributed by atoms with Crippen LogP contribution in [0.4, 0.5) is 0 Å². The molecule has 5 nitrogen and oxygen atoms in total. The van der Waals surface area contributed by atoms with Gasteiger partial charge in [0.25, 0.3) is 5.91 Å². The van der Waals surface area contributed by atoms with E-state index in [4.69, 9.17) is 0 Å². The van der Waals surface area contributed by atoms with Crippen molar-refractivity contribution in [2.75, 3.05) is 5.75 Å². The number of amides is 2. The largest absolute Gasteiger partial charge is 0.273 e. The van der Waals surface area contributed by atoms with E-state index in [1.54, 1.807) is 38.1 Å². The Balaban J connectivity index is 2.30. The molecule has 0 aliphatic carbocycles. The van der Waals surface area contributed by atoms with Gasteiger partial charge in [-0.15, -0.1) is 5.10 Å². The Morgan fingerprint density at radius 3 is 2.58 bits per heavy atom. The minimum Gasteiger partial charge on any atom is -0.273 e. The third-order valence-corrected chi connectivity index (χ3v) is 3.24. The first-order valence-corrected chi connectivity index (χ1v) is 6.72. The predicted molar refractivity (Wildman–Crippen MR) is 76.3 cm³/mol. The zero-order chi connectivity index (χ0) is 13.8. The molecule has 1 aliphatic rings. The number of thioether (sulfide) groups is 1. The second kappa shape index (κ2) is 5.79. The highest BCUT2D eigenvalue weighted by molar-refractivity contribution is 8.15. The fourth-order valence-corrected chi connectivity index (χ4v) is 2.28. The van der Waals surface area contributed by atoms with Crippen molar-refractivity contribution in [2.24, 2.45) is 10.2 Å². The molecule has 0 radical (unpaired) electrons. The van der Waals surface area contributed by atoms with E-state index in [2.05, 4.69) is 10.2 Å². The first-order valence-electron chi connectivity index (χ1n) is 5.73. The van der Waals surface area contributed by atoms with Crippen LogP contribution in [0.15, 0.2) is 40.5 Å². The molecular formula is C13H13N3O2S. The lowest BCUT2D eigenvalue weighted by Crippen LogP contribution is -2.35. The molecule has 0 saturated carbocycles. The summed E-state index contributed by atoms with van der Waals surface area (Å²) in [5.41, 5.74) is 1.22. The first-order chi connectivity index (χ1) is 9.09. The monoisotopic (exact) mass is 275 g/mol. The van der Waals surface area contributed by atoms with Crippen LogP contribution in [0.3, 0.4) is 0 Å². The zero-order valence-corrected chi connectivity index (χ0v) is 11.5. The molecule has 0 spiro atoms. The Kier molecular flexibility index (Phi) is 4.11. The van der Waals surface area contributed by atoms with E-state index in [9.17, 15) is 9.59 Å². The van der Waals surface area contributed by atoms with Gasteiger partial charge in [-0.25, -0.2) is 4.90 Å². The first kappa shape index (κ1) is 13.5. The molecule has 2 rings (SSSR count). The Morgan fingerprint density at radius 2 is 1.95 bits per heavy atom. The molecule has 1 aromatic rings. The van der Waals surface area contributed by atoms with Gasteiger partial charge in [0, 0.05) is 11.3 Å². The molecule has 0 N–H and O–H groups in total. The van der Waals surface area contributed by atoms with Crippen molar-refractivity contribution in [1.82, 2.24) is 4.90 Å². The molecule has 1 saturated heterocycles. The topological polar surface area (TPSA) is 62.1 Å². The molecule has 1 aromatic carbocycles. The lowest BCUT2D eigenvalue weighted by atomic mass is 10.2. The van der Waals surface area contributed by atoms with Gasteiger partial charge in [-0.2, -0.15) is 5.10 Å². The van der Waals surface area contributed by atoms with Gasteiger partial charge < -0.3 is 0 Å². The van der Waals surface area contributed by atoms with Crippen LogP contribution in [-0.4, -0.2) is 33.3 Å². The standard InChI is InChI=1S/C13H13N3O2S/c1-9(2)14-15-13-16(11(17)8-19-13)12(18)10-6-4-3-5-7-10/h3-7H,8H2,1-2H3/b15-13+. The van der Waals surface area contributed by atoms with E-state index < -0.39 is 0 Å². The Morgan fingerprint density at radius 1 is 1.26 bits per heavy atom. The van der Waals surface area contributed by atoms with Gasteiger partial charge >= 0.3 is 0 Å². The van der Waals surface area contributed by atoms with Crippen LogP contribution in [-0.2, 0) is 4.79 Å². The van der Waals surface area contributed by atoms with Crippen LogP contribution >= 0.6 is 11.8 Å². The number of nitrogens with zero attached hydrogens (tertiary/aromatic N) is 3. The molecule has 0 aromatic heterocycles. The lowest BCUT2D eigenvalue weighted by molar-refractivity contribution is -0.122. The molecule has 0 unspecified atom stereocenters. The molecule has 0 atom stereocenters. The summed E-state index contributed by atoms with van der Waals surface area (Å²) in [7, 11) is 0. The minimum atomic E-state index is -0.363. The van der Waals surface area contributed by atoms with Crippen molar-refractivity contribution in [3.8, 4) is 0 Å². The van der Waals surface area contributed by atoms with Crippen molar-refractivity contribution in [3.05, 3.63) is 35.9 Å². The van der Waals surface area contributed by atoms with Gasteiger partial charge in [-0.1, -0.05) is 30.0 Å². The van der Waals surface area contributed by atoms with Gasteiger partial charge in [0.15, 0.2) is 5.17 Å². The number of hydrogen-bond acceptors (Lipinski definition) is 5. The van der Waals surface area contributed by atoms with Gasteiger partial charge in [-0.3, -0.25) is 9.59 Å². The van der Waals surface area contributed by atoms with Crippen LogP contribution in [0, 0.1) is 0 Å². The summed E-state index contributed by atoms with van der Waals surface area (Å²) in [6, 6.07) is 8.67. The summed E-state index contributed by atoms with van der Waals surface area (Å²) < 4.78 is 0. The molecule has 1 fully saturated rings. The average molecular weight is 275 g/mol. The second-order valence-electron chi connectivity index (χ2n) is 4.12. The molecule has 6 heteroatoms. The normalized spacial score (nSPS) is 16.8. The van der Waals surface area contributed by atoms with Crippen molar-refractivity contribution < 1.29 is 9.59 Å². The number of hydrogen-bond donors (Lipinski definition) is 0. The second-order valence-corrected chi connectivity index (χ2v) is 5.06. The van der Waals surface area contributed by atoms with Crippen LogP contribution < -0.4 is 0 Å². The molecule has 98 valence electrons. The summed E-state index contributed by atoms with van der Waals surface area (Å²) in [6.07, 6.45) is 0. The van der Waals surface area contributed by atoms with Crippen LogP contribution in [0.5, 0.6) is 0 Å². The summed E-state index contributed by atoms with van der Waals surface area (Å²) in [5.74, 6) is -0.407. The number of carbonyl (C=O) groups is 2. The maximum absolute atomic E-state index is 12.3. The van der Waals surface area contributed by atoms with Crippen molar-refractivity contribution in [3.63, 3.8) is 0 Å². The number of imide groups is 1. The minimum absolute atomic E-state index is 0.218. The van der Waals surface area contributed by atoms with E-state index in [-0.39, 0.29) is 17.6 Å². The number of amidine groups is 1. The highest BCUT2D eigenvalue weighted by Gasteiger charge is 2.34. The van der Waals surface area contributed by atoms with Crippen LogP contribution in [0.25, 0.3) is 0 Å². The third-order valence-electron chi connectivity index (χ3n) is 2.32. The number of carbonyl (C=O) groups excluding carboxylic acids is 2. The van der Waals surface area contributed by atoms with Crippen molar-refractivity contribution >= 4 is 34.5 Å². The quantitative estimate of drug-likeness (QED) is 0.472. The van der Waals surface area contributed by atoms with Crippen LogP contribution in [0.1, 0.15) is 24.2 Å². The Bertz CT molecular complexity index is 563. The van der Waals surface area contributed by atoms with E-state index >= 15 is 0 Å². The maximum Gasteiger partial charge on any atom is 0.266 e. The van der Waals surface area contributed by atoms with Crippen molar-refractivity contribution in [2.45, 2.75) is 13.8 Å². The summed E-state index contributed by atoms with van der Waals surface area (Å²) in [6.45, 7) is 3.60. The van der Waals surface area contributed by atoms with E-state index in [0.29, 0.717) is 10.7 Å². The smallest absolute Gasteiger partial charge is 0.266 e. The van der Waals surface area contributed by atoms with Crippen molar-refractivity contribution in [1.29, 1.82) is 0 Å². The van der Waals surface area contributed by atoms with Gasteiger partial charge in [0.05, 0.1) is 5.75 Å². The third kappa shape index (κ3) is 3.08. The van der Waals surface area contributed by atoms with Gasteiger partial charge in [-0.05, 0) is 26.0 Å². The summed E-state index contributed by atoms with van der Waals surface area (Å²) in [5, 5.41) is 8.19. The highest BCUT2D eigenvalue weighted by Crippen LogP contribution is 2.22. The molecule has 0 bridgehead atoms. The SMILES string of the molecule is CC(C)=N/N=C1/SCC(=O)N1C(=O)c1ccccc1. The fourth-order valence-electron chi connectivity index (χ4n) is 1.49. The Hall–Kier alpha value is -1.95. The highest BCUT2D eigenvalue weighted by atomic mass is 32.2. The maximum atomic E-state index is 12.3. The molecule has 19 heavy (non-hydrogen) atoms. The molecule has 1 aliphatic heterocycles. The van der Waals surface area contributed by atoms with Gasteiger partial charge in [0.1, 0.15) is 0 Å². The van der Waals surface area contributed by atoms with E-state index in [1.807, 2.05) is 6.07 Å². The predicted octanol–water partition coefficient (Wildman–Crippen LogP) is 2.15. The van der Waals surface area contributed by atoms with Gasteiger partial charge in [0.2, 0.25) is 5.91 Å². The summed E-state index contributed by atoms with van der Waals surface area (Å²) >= 11 is 1.22. The zero-order valence-electron chi connectivity index (χ0n) is 10.7. The van der Waals surface area contributed by atoms with E-state index in [0.717, 1.165) is 10.6 Å². The van der Waals surface area contributed by atoms with E-state index in [1.165, 1.54) is 11.8 Å². The molecular weight excluding hydrogens is 262 g/mol. The molecule has 1 heterocycles. The van der Waals surface area contributed by atoms with Crippen LogP contribution in [0.2, 0.25) is 0 Å². The molecule has 2 amide bonds. The average Bonchev–Trinajstić information content (AvgIpc) is 2.78. The number of rotatable bonds is 2. The Labute approximate surface area is 115 Å². The fraction of sp³-hybridized carbons (Fsp3) is 0.231. The summed E-state index contributed by atoms with van der Waals surface area (Å²) in [4.78, 5) is 25.2. The number of benzene rings is 1. The lowest BCUT2D eigenvalue weighted by Gasteiger charge is -2.12.